The quantitative estimate of drug-likeness (QED) is 0.820. The number of nitrogens with one attached hydrogen (secondary N) is 1. The Hall–Kier alpha value is -2.08. The van der Waals surface area contributed by atoms with E-state index in [1.165, 1.54) is 19.2 Å². The zero-order valence-corrected chi connectivity index (χ0v) is 11.9. The largest absolute Gasteiger partial charge is 0.496 e. The molecule has 1 unspecified atom stereocenters. The molecule has 0 aliphatic carbocycles. The van der Waals surface area contributed by atoms with Crippen LogP contribution in [0.4, 0.5) is 0 Å². The maximum absolute atomic E-state index is 11.8. The van der Waals surface area contributed by atoms with Gasteiger partial charge in [-0.25, -0.2) is 4.79 Å². The van der Waals surface area contributed by atoms with E-state index < -0.39 is 5.97 Å². The Morgan fingerprint density at radius 1 is 1.48 bits per heavy atom. The summed E-state index contributed by atoms with van der Waals surface area (Å²) in [7, 11) is 1.50. The van der Waals surface area contributed by atoms with Gasteiger partial charge in [-0.05, 0) is 30.5 Å². The lowest BCUT2D eigenvalue weighted by Crippen LogP contribution is -2.32. The molecular weight excluding hydrogens is 274 g/mol. The average molecular weight is 293 g/mol. The van der Waals surface area contributed by atoms with Gasteiger partial charge in [0.25, 0.3) is 0 Å². The van der Waals surface area contributed by atoms with Crippen molar-refractivity contribution < 1.29 is 24.2 Å². The Morgan fingerprint density at radius 2 is 2.29 bits per heavy atom. The van der Waals surface area contributed by atoms with E-state index in [2.05, 4.69) is 5.32 Å². The summed E-state index contributed by atoms with van der Waals surface area (Å²) in [6.07, 6.45) is 1.35. The molecule has 1 saturated heterocycles. The maximum Gasteiger partial charge on any atom is 0.335 e. The topological polar surface area (TPSA) is 84.9 Å². The minimum Gasteiger partial charge on any atom is -0.496 e. The van der Waals surface area contributed by atoms with Crippen molar-refractivity contribution in [1.29, 1.82) is 0 Å². The molecule has 6 nitrogen and oxygen atoms in total. The molecule has 2 N–H and O–H groups in total. The summed E-state index contributed by atoms with van der Waals surface area (Å²) in [6.45, 7) is 1.61. The molecule has 2 rings (SSSR count). The highest BCUT2D eigenvalue weighted by atomic mass is 16.5. The van der Waals surface area contributed by atoms with Gasteiger partial charge in [-0.1, -0.05) is 6.07 Å². The van der Waals surface area contributed by atoms with Crippen molar-refractivity contribution in [2.45, 2.75) is 12.8 Å². The maximum atomic E-state index is 11.8. The molecule has 1 amide bonds. The Kier molecular flexibility index (Phi) is 5.16. The van der Waals surface area contributed by atoms with Crippen LogP contribution in [0.3, 0.4) is 0 Å². The van der Waals surface area contributed by atoms with Crippen molar-refractivity contribution in [3.8, 4) is 5.75 Å². The van der Waals surface area contributed by atoms with Crippen LogP contribution in [-0.2, 0) is 16.0 Å². The Bertz CT molecular complexity index is 523. The molecule has 1 fully saturated rings. The van der Waals surface area contributed by atoms with Gasteiger partial charge in [0.1, 0.15) is 5.75 Å². The fourth-order valence-electron chi connectivity index (χ4n) is 2.29. The molecule has 114 valence electrons. The van der Waals surface area contributed by atoms with Gasteiger partial charge >= 0.3 is 5.97 Å². The molecule has 0 aromatic heterocycles. The first kappa shape index (κ1) is 15.3. The van der Waals surface area contributed by atoms with Crippen LogP contribution in [0.15, 0.2) is 18.2 Å². The number of hydrogen-bond donors (Lipinski definition) is 2. The smallest absolute Gasteiger partial charge is 0.335 e. The minimum absolute atomic E-state index is 0.00798. The second kappa shape index (κ2) is 7.08. The van der Waals surface area contributed by atoms with Crippen molar-refractivity contribution in [2.75, 3.05) is 26.9 Å². The number of carboxylic acid groups (broad SMARTS) is 1. The third kappa shape index (κ3) is 3.95. The lowest BCUT2D eigenvalue weighted by Gasteiger charge is -2.12. The monoisotopic (exact) mass is 293 g/mol. The van der Waals surface area contributed by atoms with Crippen LogP contribution in [0.25, 0.3) is 0 Å². The van der Waals surface area contributed by atoms with Gasteiger partial charge in [0.05, 0.1) is 25.2 Å². The van der Waals surface area contributed by atoms with Crippen molar-refractivity contribution in [1.82, 2.24) is 5.32 Å². The van der Waals surface area contributed by atoms with Gasteiger partial charge in [-0.15, -0.1) is 0 Å². The molecule has 6 heteroatoms. The molecule has 0 saturated carbocycles. The first-order valence-electron chi connectivity index (χ1n) is 6.87. The summed E-state index contributed by atoms with van der Waals surface area (Å²) in [5, 5.41) is 11.8. The Morgan fingerprint density at radius 3 is 2.90 bits per heavy atom. The number of benzene rings is 1. The molecule has 0 spiro atoms. The summed E-state index contributed by atoms with van der Waals surface area (Å²) in [6, 6.07) is 4.74. The van der Waals surface area contributed by atoms with Crippen LogP contribution in [-0.4, -0.2) is 43.9 Å². The standard InChI is InChI=1S/C15H19NO5/c1-20-13-8-11(15(18)19)3-2-10(13)4-6-16-14(17)12-5-7-21-9-12/h2-3,8,12H,4-7,9H2,1H3,(H,16,17)(H,18,19). The highest BCUT2D eigenvalue weighted by Crippen LogP contribution is 2.20. The zero-order valence-electron chi connectivity index (χ0n) is 11.9. The fraction of sp³-hybridized carbons (Fsp3) is 0.467. The van der Waals surface area contributed by atoms with Crippen LogP contribution >= 0.6 is 0 Å². The van der Waals surface area contributed by atoms with Crippen molar-refractivity contribution in [3.63, 3.8) is 0 Å². The highest BCUT2D eigenvalue weighted by Gasteiger charge is 2.22. The second-order valence-electron chi connectivity index (χ2n) is 4.93. The van der Waals surface area contributed by atoms with Gasteiger partial charge in [0, 0.05) is 13.2 Å². The third-order valence-electron chi connectivity index (χ3n) is 3.53. The number of carboxylic acids is 1. The van der Waals surface area contributed by atoms with Crippen LogP contribution in [0, 0.1) is 5.92 Å². The van der Waals surface area contributed by atoms with Crippen molar-refractivity contribution >= 4 is 11.9 Å². The van der Waals surface area contributed by atoms with E-state index in [4.69, 9.17) is 14.6 Å². The van der Waals surface area contributed by atoms with E-state index in [1.807, 2.05) is 0 Å². The molecule has 1 heterocycles. The van der Waals surface area contributed by atoms with E-state index in [-0.39, 0.29) is 17.4 Å². The number of carbonyl (C=O) groups excluding carboxylic acids is 1. The Labute approximate surface area is 123 Å². The van der Waals surface area contributed by atoms with E-state index >= 15 is 0 Å². The van der Waals surface area contributed by atoms with Gasteiger partial charge in [0.15, 0.2) is 0 Å². The first-order chi connectivity index (χ1) is 10.1. The molecule has 1 aliphatic rings. The average Bonchev–Trinajstić information content (AvgIpc) is 3.01. The lowest BCUT2D eigenvalue weighted by atomic mass is 10.1. The van der Waals surface area contributed by atoms with E-state index in [9.17, 15) is 9.59 Å². The predicted molar refractivity (Wildman–Crippen MR) is 75.6 cm³/mol. The predicted octanol–water partition coefficient (Wildman–Crippen LogP) is 1.09. The third-order valence-corrected chi connectivity index (χ3v) is 3.53. The molecule has 1 aromatic rings. The molecule has 0 bridgehead atoms. The van der Waals surface area contributed by atoms with Crippen molar-refractivity contribution in [2.24, 2.45) is 5.92 Å². The zero-order chi connectivity index (χ0) is 15.2. The number of hydrogen-bond acceptors (Lipinski definition) is 4. The highest BCUT2D eigenvalue weighted by molar-refractivity contribution is 5.88. The minimum atomic E-state index is -0.991. The van der Waals surface area contributed by atoms with Crippen LogP contribution in [0.2, 0.25) is 0 Å². The molecule has 1 aromatic carbocycles. The van der Waals surface area contributed by atoms with E-state index in [0.717, 1.165) is 12.0 Å². The van der Waals surface area contributed by atoms with Gasteiger partial charge in [-0.2, -0.15) is 0 Å². The summed E-state index contributed by atoms with van der Waals surface area (Å²) >= 11 is 0. The molecular formula is C15H19NO5. The first-order valence-corrected chi connectivity index (χ1v) is 6.87. The van der Waals surface area contributed by atoms with Gasteiger partial charge < -0.3 is 19.9 Å². The summed E-state index contributed by atoms with van der Waals surface area (Å²) in [5.41, 5.74) is 1.05. The molecule has 1 atom stereocenters. The number of methoxy groups -OCH3 is 1. The normalized spacial score (nSPS) is 17.5. The molecule has 21 heavy (non-hydrogen) atoms. The lowest BCUT2D eigenvalue weighted by molar-refractivity contribution is -0.124. The van der Waals surface area contributed by atoms with Crippen LogP contribution in [0.5, 0.6) is 5.75 Å². The number of carbonyl (C=O) groups is 2. The van der Waals surface area contributed by atoms with E-state index in [0.29, 0.717) is 31.9 Å². The summed E-state index contributed by atoms with van der Waals surface area (Å²) < 4.78 is 10.4. The number of rotatable bonds is 6. The van der Waals surface area contributed by atoms with Crippen LogP contribution < -0.4 is 10.1 Å². The summed E-state index contributed by atoms with van der Waals surface area (Å²) in [5.74, 6) is -0.516. The summed E-state index contributed by atoms with van der Waals surface area (Å²) in [4.78, 5) is 22.7. The molecule has 0 radical (unpaired) electrons. The van der Waals surface area contributed by atoms with Gasteiger partial charge in [0.2, 0.25) is 5.91 Å². The van der Waals surface area contributed by atoms with Crippen LogP contribution in [0.1, 0.15) is 22.3 Å². The van der Waals surface area contributed by atoms with E-state index in [1.54, 1.807) is 6.07 Å². The van der Waals surface area contributed by atoms with Gasteiger partial charge in [-0.3, -0.25) is 4.79 Å². The SMILES string of the molecule is COc1cc(C(=O)O)ccc1CCNC(=O)C1CCOC1. The second-order valence-corrected chi connectivity index (χ2v) is 4.93. The number of ether oxygens (including phenoxy) is 2. The van der Waals surface area contributed by atoms with Crippen molar-refractivity contribution in [3.05, 3.63) is 29.3 Å². The molecule has 1 aliphatic heterocycles. The number of aromatic carboxylic acids is 1. The Balaban J connectivity index is 1.90. The number of amides is 1. The fourth-order valence-corrected chi connectivity index (χ4v) is 2.29.